The number of aromatic nitrogens is 2. The summed E-state index contributed by atoms with van der Waals surface area (Å²) in [6.45, 7) is 6.30. The summed E-state index contributed by atoms with van der Waals surface area (Å²) in [6, 6.07) is 0.298. The van der Waals surface area contributed by atoms with Gasteiger partial charge in [-0.25, -0.2) is 9.78 Å². The molecule has 2 atom stereocenters. The van der Waals surface area contributed by atoms with E-state index in [1.54, 1.807) is 0 Å². The van der Waals surface area contributed by atoms with Crippen molar-refractivity contribution in [2.24, 2.45) is 5.92 Å². The third-order valence-corrected chi connectivity index (χ3v) is 4.11. The molecule has 1 aromatic rings. The van der Waals surface area contributed by atoms with Gasteiger partial charge in [0.1, 0.15) is 11.6 Å². The van der Waals surface area contributed by atoms with Gasteiger partial charge in [-0.2, -0.15) is 0 Å². The zero-order chi connectivity index (χ0) is 14.9. The van der Waals surface area contributed by atoms with Crippen molar-refractivity contribution >= 4 is 11.8 Å². The van der Waals surface area contributed by atoms with Crippen molar-refractivity contribution in [2.45, 2.75) is 32.7 Å². The lowest BCUT2D eigenvalue weighted by molar-refractivity contribution is 0.0595. The molecule has 20 heavy (non-hydrogen) atoms. The molecule has 0 aromatic carbocycles. The van der Waals surface area contributed by atoms with Gasteiger partial charge >= 0.3 is 5.97 Å². The summed E-state index contributed by atoms with van der Waals surface area (Å²) < 4.78 is 6.80. The summed E-state index contributed by atoms with van der Waals surface area (Å²) in [5.74, 6) is 1.32. The summed E-state index contributed by atoms with van der Waals surface area (Å²) in [5.41, 5.74) is 6.42. The van der Waals surface area contributed by atoms with Crippen molar-refractivity contribution in [3.8, 4) is 0 Å². The number of aryl methyl sites for hydroxylation is 1. The molecule has 6 heteroatoms. The van der Waals surface area contributed by atoms with Crippen LogP contribution in [0.15, 0.2) is 0 Å². The van der Waals surface area contributed by atoms with Gasteiger partial charge in [0.15, 0.2) is 5.69 Å². The van der Waals surface area contributed by atoms with Gasteiger partial charge in [-0.05, 0) is 25.9 Å². The highest BCUT2D eigenvalue weighted by Crippen LogP contribution is 2.32. The SMILES string of the molecule is CCc1nc(C(=O)OC)c(N)n1C1CCN(C)CC1C. The second-order valence-electron chi connectivity index (χ2n) is 5.57. The number of nitrogens with zero attached hydrogens (tertiary/aromatic N) is 3. The molecule has 2 N–H and O–H groups in total. The van der Waals surface area contributed by atoms with Gasteiger partial charge in [-0.1, -0.05) is 13.8 Å². The number of nitrogens with two attached hydrogens (primary N) is 1. The number of ether oxygens (including phenoxy) is 1. The molecule has 1 fully saturated rings. The molecule has 6 nitrogen and oxygen atoms in total. The summed E-state index contributed by atoms with van der Waals surface area (Å²) in [7, 11) is 3.48. The molecule has 112 valence electrons. The van der Waals surface area contributed by atoms with Gasteiger partial charge in [0.25, 0.3) is 0 Å². The Morgan fingerprint density at radius 3 is 2.80 bits per heavy atom. The van der Waals surface area contributed by atoms with Crippen molar-refractivity contribution in [1.82, 2.24) is 14.5 Å². The number of hydrogen-bond donors (Lipinski definition) is 1. The minimum atomic E-state index is -0.462. The van der Waals surface area contributed by atoms with E-state index in [1.807, 2.05) is 11.5 Å². The lowest BCUT2D eigenvalue weighted by Crippen LogP contribution is -2.38. The van der Waals surface area contributed by atoms with E-state index in [2.05, 4.69) is 23.9 Å². The molecule has 0 saturated carbocycles. The van der Waals surface area contributed by atoms with Crippen molar-refractivity contribution in [3.05, 3.63) is 11.5 Å². The van der Waals surface area contributed by atoms with Crippen molar-refractivity contribution < 1.29 is 9.53 Å². The van der Waals surface area contributed by atoms with Crippen LogP contribution >= 0.6 is 0 Å². The Labute approximate surface area is 119 Å². The number of methoxy groups -OCH3 is 1. The molecule has 0 aliphatic carbocycles. The Hall–Kier alpha value is -1.56. The maximum Gasteiger partial charge on any atom is 0.360 e. The standard InChI is InChI=1S/C14H24N4O2/c1-5-11-16-12(14(19)20-4)13(15)18(11)10-6-7-17(3)8-9(10)2/h9-10H,5-8,15H2,1-4H3. The van der Waals surface area contributed by atoms with Gasteiger partial charge in [0.2, 0.25) is 0 Å². The highest BCUT2D eigenvalue weighted by atomic mass is 16.5. The summed E-state index contributed by atoms with van der Waals surface area (Å²) in [6.07, 6.45) is 1.77. The van der Waals surface area contributed by atoms with Crippen LogP contribution in [0, 0.1) is 5.92 Å². The zero-order valence-electron chi connectivity index (χ0n) is 12.7. The first-order chi connectivity index (χ1) is 9.49. The molecule has 0 spiro atoms. The fraction of sp³-hybridized carbons (Fsp3) is 0.714. The monoisotopic (exact) mass is 280 g/mol. The largest absolute Gasteiger partial charge is 0.464 e. The molecular formula is C14H24N4O2. The second-order valence-corrected chi connectivity index (χ2v) is 5.57. The first kappa shape index (κ1) is 14.8. The van der Waals surface area contributed by atoms with Crippen LogP contribution in [0.3, 0.4) is 0 Å². The number of imidazole rings is 1. The van der Waals surface area contributed by atoms with Crippen LogP contribution in [-0.2, 0) is 11.2 Å². The normalized spacial score (nSPS) is 23.8. The summed E-state index contributed by atoms with van der Waals surface area (Å²) in [5, 5.41) is 0. The van der Waals surface area contributed by atoms with Gasteiger partial charge in [0.05, 0.1) is 7.11 Å². The van der Waals surface area contributed by atoms with Crippen LogP contribution in [0.1, 0.15) is 42.6 Å². The van der Waals surface area contributed by atoms with Crippen molar-refractivity contribution in [2.75, 3.05) is 33.0 Å². The third kappa shape index (κ3) is 2.52. The lowest BCUT2D eigenvalue weighted by atomic mass is 9.93. The van der Waals surface area contributed by atoms with E-state index in [4.69, 9.17) is 10.5 Å². The first-order valence-corrected chi connectivity index (χ1v) is 7.13. The Morgan fingerprint density at radius 1 is 1.55 bits per heavy atom. The topological polar surface area (TPSA) is 73.4 Å². The van der Waals surface area contributed by atoms with E-state index in [-0.39, 0.29) is 5.69 Å². The number of carbonyl (C=O) groups is 1. The average Bonchev–Trinajstić information content (AvgIpc) is 2.75. The van der Waals surface area contributed by atoms with E-state index >= 15 is 0 Å². The number of esters is 1. The van der Waals surface area contributed by atoms with Gasteiger partial charge < -0.3 is 19.9 Å². The van der Waals surface area contributed by atoms with E-state index in [1.165, 1.54) is 7.11 Å². The number of nitrogen functional groups attached to an aromatic ring is 1. The summed E-state index contributed by atoms with van der Waals surface area (Å²) in [4.78, 5) is 18.4. The van der Waals surface area contributed by atoms with Crippen LogP contribution in [0.2, 0.25) is 0 Å². The predicted molar refractivity (Wildman–Crippen MR) is 77.7 cm³/mol. The smallest absolute Gasteiger partial charge is 0.360 e. The minimum Gasteiger partial charge on any atom is -0.464 e. The molecule has 2 heterocycles. The molecule has 1 aliphatic heterocycles. The van der Waals surface area contributed by atoms with Gasteiger partial charge in [-0.15, -0.1) is 0 Å². The highest BCUT2D eigenvalue weighted by Gasteiger charge is 2.31. The van der Waals surface area contributed by atoms with Crippen molar-refractivity contribution in [3.63, 3.8) is 0 Å². The number of likely N-dealkylation sites (tertiary alicyclic amines) is 1. The third-order valence-electron chi connectivity index (χ3n) is 4.11. The highest BCUT2D eigenvalue weighted by molar-refractivity contribution is 5.92. The van der Waals surface area contributed by atoms with Crippen LogP contribution in [0.5, 0.6) is 0 Å². The molecule has 2 unspecified atom stereocenters. The van der Waals surface area contributed by atoms with Crippen molar-refractivity contribution in [1.29, 1.82) is 0 Å². The molecule has 1 aliphatic rings. The van der Waals surface area contributed by atoms with Crippen LogP contribution in [0.4, 0.5) is 5.82 Å². The average molecular weight is 280 g/mol. The Kier molecular flexibility index (Phi) is 4.32. The maximum atomic E-state index is 11.7. The molecule has 2 rings (SSSR count). The number of hydrogen-bond acceptors (Lipinski definition) is 5. The molecular weight excluding hydrogens is 256 g/mol. The van der Waals surface area contributed by atoms with Gasteiger partial charge in [-0.3, -0.25) is 0 Å². The van der Waals surface area contributed by atoms with E-state index in [0.29, 0.717) is 17.8 Å². The van der Waals surface area contributed by atoms with Gasteiger partial charge in [0, 0.05) is 19.0 Å². The minimum absolute atomic E-state index is 0.246. The quantitative estimate of drug-likeness (QED) is 0.846. The molecule has 1 aromatic heterocycles. The second kappa shape index (κ2) is 5.83. The first-order valence-electron chi connectivity index (χ1n) is 7.13. The molecule has 1 saturated heterocycles. The fourth-order valence-corrected chi connectivity index (χ4v) is 3.09. The fourth-order valence-electron chi connectivity index (χ4n) is 3.09. The number of rotatable bonds is 3. The van der Waals surface area contributed by atoms with E-state index < -0.39 is 5.97 Å². The lowest BCUT2D eigenvalue weighted by Gasteiger charge is -2.36. The van der Waals surface area contributed by atoms with Crippen LogP contribution < -0.4 is 5.73 Å². The number of carbonyl (C=O) groups excluding carboxylic acids is 1. The molecule has 0 bridgehead atoms. The number of piperidine rings is 1. The Balaban J connectivity index is 2.40. The molecule has 0 radical (unpaired) electrons. The van der Waals surface area contributed by atoms with E-state index in [9.17, 15) is 4.79 Å². The molecule has 0 amide bonds. The van der Waals surface area contributed by atoms with Crippen LogP contribution in [-0.4, -0.2) is 47.7 Å². The van der Waals surface area contributed by atoms with E-state index in [0.717, 1.165) is 31.8 Å². The van der Waals surface area contributed by atoms with Crippen LogP contribution in [0.25, 0.3) is 0 Å². The summed E-state index contributed by atoms with van der Waals surface area (Å²) >= 11 is 0. The number of anilines is 1. The zero-order valence-corrected chi connectivity index (χ0v) is 12.7. The Morgan fingerprint density at radius 2 is 2.25 bits per heavy atom. The Bertz CT molecular complexity index is 498. The predicted octanol–water partition coefficient (Wildman–Crippen LogP) is 1.33. The maximum absolute atomic E-state index is 11.7.